The van der Waals surface area contributed by atoms with Crippen LogP contribution >= 0.6 is 11.8 Å². The van der Waals surface area contributed by atoms with Crippen LogP contribution in [-0.2, 0) is 0 Å². The summed E-state index contributed by atoms with van der Waals surface area (Å²) in [5, 5.41) is 3.58. The lowest BCUT2D eigenvalue weighted by Crippen LogP contribution is -2.53. The van der Waals surface area contributed by atoms with Gasteiger partial charge < -0.3 is 5.32 Å². The summed E-state index contributed by atoms with van der Waals surface area (Å²) < 4.78 is 0. The van der Waals surface area contributed by atoms with E-state index in [0.29, 0.717) is 0 Å². The fraction of sp³-hybridized carbons (Fsp3) is 0.625. The first-order chi connectivity index (χ1) is 9.42. The quantitative estimate of drug-likeness (QED) is 0.912. The van der Waals surface area contributed by atoms with Gasteiger partial charge in [-0.15, -0.1) is 11.8 Å². The Balaban J connectivity index is 1.48. The topological polar surface area (TPSA) is 15.3 Å². The highest BCUT2D eigenvalue weighted by Gasteiger charge is 2.38. The van der Waals surface area contributed by atoms with Gasteiger partial charge >= 0.3 is 0 Å². The Labute approximate surface area is 119 Å². The molecule has 0 spiro atoms. The number of fused-ring (bicyclic) bond motifs is 1. The van der Waals surface area contributed by atoms with E-state index in [1.165, 1.54) is 49.7 Å². The second-order valence-corrected chi connectivity index (χ2v) is 7.21. The third kappa shape index (κ3) is 2.44. The Bertz CT molecular complexity index is 458. The van der Waals surface area contributed by atoms with Crippen molar-refractivity contribution in [2.75, 3.05) is 31.9 Å². The monoisotopic (exact) mass is 274 g/mol. The summed E-state index contributed by atoms with van der Waals surface area (Å²) >= 11 is 2.05. The molecule has 2 unspecified atom stereocenters. The zero-order valence-corrected chi connectivity index (χ0v) is 12.2. The summed E-state index contributed by atoms with van der Waals surface area (Å²) in [5.41, 5.74) is 1.60. The summed E-state index contributed by atoms with van der Waals surface area (Å²) in [6.45, 7) is 4.90. The number of nitrogens with zero attached hydrogens (tertiary/aromatic N) is 1. The first-order valence-corrected chi connectivity index (χ1v) is 8.57. The molecule has 1 saturated heterocycles. The molecular formula is C16H22N2S. The molecule has 102 valence electrons. The molecule has 19 heavy (non-hydrogen) atoms. The first kappa shape index (κ1) is 12.2. The second kappa shape index (κ2) is 5.12. The zero-order valence-electron chi connectivity index (χ0n) is 11.3. The Hall–Kier alpha value is -0.510. The van der Waals surface area contributed by atoms with Crippen LogP contribution in [0.3, 0.4) is 0 Å². The molecule has 2 atom stereocenters. The lowest BCUT2D eigenvalue weighted by Gasteiger charge is -2.38. The summed E-state index contributed by atoms with van der Waals surface area (Å²) in [7, 11) is 0. The number of nitrogens with one attached hydrogen (secondary N) is 1. The van der Waals surface area contributed by atoms with E-state index in [4.69, 9.17) is 0 Å². The molecule has 2 fully saturated rings. The lowest BCUT2D eigenvalue weighted by molar-refractivity contribution is 0.137. The average Bonchev–Trinajstić information content (AvgIpc) is 3.22. The number of piperazine rings is 1. The summed E-state index contributed by atoms with van der Waals surface area (Å²) in [4.78, 5) is 4.30. The fourth-order valence-electron chi connectivity index (χ4n) is 3.60. The molecule has 1 N–H and O–H groups in total. The van der Waals surface area contributed by atoms with Crippen molar-refractivity contribution < 1.29 is 0 Å². The van der Waals surface area contributed by atoms with Gasteiger partial charge in [-0.1, -0.05) is 18.2 Å². The van der Waals surface area contributed by atoms with Crippen molar-refractivity contribution >= 4 is 11.8 Å². The van der Waals surface area contributed by atoms with Crippen LogP contribution in [0.2, 0.25) is 0 Å². The Morgan fingerprint density at radius 1 is 1.26 bits per heavy atom. The summed E-state index contributed by atoms with van der Waals surface area (Å²) in [6.07, 6.45) is 2.91. The maximum atomic E-state index is 3.58. The van der Waals surface area contributed by atoms with Crippen LogP contribution in [-0.4, -0.2) is 42.9 Å². The van der Waals surface area contributed by atoms with E-state index >= 15 is 0 Å². The molecular weight excluding hydrogens is 252 g/mol. The van der Waals surface area contributed by atoms with Gasteiger partial charge in [-0.2, -0.15) is 0 Å². The molecule has 0 bridgehead atoms. The minimum absolute atomic E-state index is 0.751. The predicted octanol–water partition coefficient (Wildman–Crippen LogP) is 2.56. The van der Waals surface area contributed by atoms with Gasteiger partial charge in [0.25, 0.3) is 0 Å². The van der Waals surface area contributed by atoms with E-state index in [1.54, 1.807) is 5.56 Å². The zero-order chi connectivity index (χ0) is 12.7. The van der Waals surface area contributed by atoms with Crippen LogP contribution in [0.15, 0.2) is 29.2 Å². The van der Waals surface area contributed by atoms with E-state index in [2.05, 4.69) is 34.5 Å². The standard InChI is InChI=1S/C16H22N2S/c1-2-4-16-14(3-1)13(11-19-16)10-18-8-7-17-9-15(18)12-5-6-12/h1-4,12-13,15,17H,5-11H2. The van der Waals surface area contributed by atoms with Crippen molar-refractivity contribution in [3.8, 4) is 0 Å². The highest BCUT2D eigenvalue weighted by atomic mass is 32.2. The van der Waals surface area contributed by atoms with Gasteiger partial charge in [0.05, 0.1) is 0 Å². The van der Waals surface area contributed by atoms with E-state index < -0.39 is 0 Å². The first-order valence-electron chi connectivity index (χ1n) is 7.58. The van der Waals surface area contributed by atoms with Gasteiger partial charge in [0.15, 0.2) is 0 Å². The average molecular weight is 274 g/mol. The molecule has 3 aliphatic rings. The number of rotatable bonds is 3. The molecule has 0 radical (unpaired) electrons. The van der Waals surface area contributed by atoms with Crippen LogP contribution in [0.25, 0.3) is 0 Å². The van der Waals surface area contributed by atoms with Gasteiger partial charge in [-0.05, 0) is 30.4 Å². The third-order valence-corrected chi connectivity index (χ3v) is 6.07. The Morgan fingerprint density at radius 2 is 2.16 bits per heavy atom. The summed E-state index contributed by atoms with van der Waals surface area (Å²) in [5.74, 6) is 3.01. The minimum atomic E-state index is 0.751. The molecule has 1 aromatic rings. The van der Waals surface area contributed by atoms with Crippen molar-refractivity contribution in [1.29, 1.82) is 0 Å². The van der Waals surface area contributed by atoms with Gasteiger partial charge in [-0.25, -0.2) is 0 Å². The second-order valence-electron chi connectivity index (χ2n) is 6.15. The smallest absolute Gasteiger partial charge is 0.0249 e. The predicted molar refractivity (Wildman–Crippen MR) is 80.9 cm³/mol. The van der Waals surface area contributed by atoms with Crippen LogP contribution in [0.1, 0.15) is 24.3 Å². The van der Waals surface area contributed by atoms with Crippen LogP contribution in [0.5, 0.6) is 0 Å². The van der Waals surface area contributed by atoms with Crippen molar-refractivity contribution in [2.45, 2.75) is 29.7 Å². The molecule has 2 heterocycles. The molecule has 0 amide bonds. The highest BCUT2D eigenvalue weighted by Crippen LogP contribution is 2.41. The van der Waals surface area contributed by atoms with Crippen LogP contribution in [0.4, 0.5) is 0 Å². The molecule has 0 aromatic heterocycles. The van der Waals surface area contributed by atoms with Gasteiger partial charge in [0.2, 0.25) is 0 Å². The molecule has 1 aliphatic carbocycles. The number of thioether (sulfide) groups is 1. The lowest BCUT2D eigenvalue weighted by atomic mass is 9.98. The maximum Gasteiger partial charge on any atom is 0.0249 e. The molecule has 2 aliphatic heterocycles. The number of hydrogen-bond donors (Lipinski definition) is 1. The Morgan fingerprint density at radius 3 is 3.05 bits per heavy atom. The largest absolute Gasteiger partial charge is 0.314 e. The maximum absolute atomic E-state index is 3.58. The molecule has 1 aromatic carbocycles. The summed E-state index contributed by atoms with van der Waals surface area (Å²) in [6, 6.07) is 9.82. The Kier molecular flexibility index (Phi) is 3.30. The number of hydrogen-bond acceptors (Lipinski definition) is 3. The van der Waals surface area contributed by atoms with E-state index in [1.807, 2.05) is 11.8 Å². The van der Waals surface area contributed by atoms with Crippen molar-refractivity contribution in [1.82, 2.24) is 10.2 Å². The van der Waals surface area contributed by atoms with Crippen LogP contribution < -0.4 is 5.32 Å². The van der Waals surface area contributed by atoms with Gasteiger partial charge in [-0.3, -0.25) is 4.90 Å². The van der Waals surface area contributed by atoms with E-state index in [9.17, 15) is 0 Å². The highest BCUT2D eigenvalue weighted by molar-refractivity contribution is 7.99. The normalized spacial score (nSPS) is 31.4. The third-order valence-electron chi connectivity index (χ3n) is 4.82. The van der Waals surface area contributed by atoms with Crippen molar-refractivity contribution in [2.24, 2.45) is 5.92 Å². The molecule has 4 rings (SSSR count). The minimum Gasteiger partial charge on any atom is -0.314 e. The van der Waals surface area contributed by atoms with Gasteiger partial charge in [0, 0.05) is 48.8 Å². The van der Waals surface area contributed by atoms with E-state index in [0.717, 1.165) is 17.9 Å². The van der Waals surface area contributed by atoms with E-state index in [-0.39, 0.29) is 0 Å². The molecule has 1 saturated carbocycles. The van der Waals surface area contributed by atoms with Gasteiger partial charge in [0.1, 0.15) is 0 Å². The van der Waals surface area contributed by atoms with Crippen molar-refractivity contribution in [3.05, 3.63) is 29.8 Å². The van der Waals surface area contributed by atoms with Crippen LogP contribution in [0, 0.1) is 5.92 Å². The fourth-order valence-corrected chi connectivity index (χ4v) is 4.85. The molecule has 3 heteroatoms. The number of benzene rings is 1. The molecule has 2 nitrogen and oxygen atoms in total. The van der Waals surface area contributed by atoms with Crippen molar-refractivity contribution in [3.63, 3.8) is 0 Å². The SMILES string of the molecule is c1ccc2c(c1)SCC2CN1CCNCC1C1CC1.